The van der Waals surface area contributed by atoms with Crippen molar-refractivity contribution in [3.05, 3.63) is 108 Å². The van der Waals surface area contributed by atoms with Gasteiger partial charge in [-0.05, 0) is 23.6 Å². The van der Waals surface area contributed by atoms with Gasteiger partial charge in [-0.25, -0.2) is 5.43 Å². The third kappa shape index (κ3) is 4.66. The molecule has 0 aliphatic heterocycles. The molecule has 0 spiro atoms. The molecule has 3 nitrogen and oxygen atoms in total. The molecule has 26 heavy (non-hydrogen) atoms. The first-order chi connectivity index (χ1) is 12.8. The summed E-state index contributed by atoms with van der Waals surface area (Å²) in [6.45, 7) is 2.29. The summed E-state index contributed by atoms with van der Waals surface area (Å²) in [5.74, 6) is 0.0430. The van der Waals surface area contributed by atoms with Crippen LogP contribution in [0.3, 0.4) is 0 Å². The molecule has 0 aliphatic carbocycles. The Morgan fingerprint density at radius 2 is 1.23 bits per heavy atom. The SMILES string of the molecule is CC(=O)[C@H](NNCc1ccccc1)C(c1ccccc1)c1ccccc1. The lowest BCUT2D eigenvalue weighted by Gasteiger charge is -2.27. The maximum Gasteiger partial charge on any atom is 0.148 e. The van der Waals surface area contributed by atoms with E-state index in [0.717, 1.165) is 11.1 Å². The number of hydrogen-bond donors (Lipinski definition) is 2. The average Bonchev–Trinajstić information content (AvgIpc) is 2.69. The predicted octanol–water partition coefficient (Wildman–Crippen LogP) is 4.07. The summed E-state index contributed by atoms with van der Waals surface area (Å²) in [5, 5.41) is 0. The molecular formula is C23H24N2O. The molecule has 0 amide bonds. The molecular weight excluding hydrogens is 320 g/mol. The van der Waals surface area contributed by atoms with Crippen molar-refractivity contribution >= 4 is 5.78 Å². The molecule has 0 aromatic heterocycles. The number of nitrogens with one attached hydrogen (secondary N) is 2. The van der Waals surface area contributed by atoms with Gasteiger partial charge in [0.15, 0.2) is 0 Å². The largest absolute Gasteiger partial charge is 0.298 e. The zero-order chi connectivity index (χ0) is 18.2. The van der Waals surface area contributed by atoms with Gasteiger partial charge >= 0.3 is 0 Å². The number of carbonyl (C=O) groups excluding carboxylic acids is 1. The Morgan fingerprint density at radius 1 is 0.769 bits per heavy atom. The summed E-state index contributed by atoms with van der Waals surface area (Å²) in [6, 6.07) is 30.1. The van der Waals surface area contributed by atoms with Crippen molar-refractivity contribution in [2.45, 2.75) is 25.4 Å². The summed E-state index contributed by atoms with van der Waals surface area (Å²) >= 11 is 0. The van der Waals surface area contributed by atoms with E-state index in [9.17, 15) is 4.79 Å². The van der Waals surface area contributed by atoms with Gasteiger partial charge in [0.2, 0.25) is 0 Å². The topological polar surface area (TPSA) is 41.1 Å². The standard InChI is InChI=1S/C23H24N2O/c1-18(26)23(25-24-17-19-11-5-2-6-12-19)22(20-13-7-3-8-14-20)21-15-9-4-10-16-21/h2-16,22-25H,17H2,1H3/t23-/m0/s1. The molecule has 3 aromatic rings. The Hall–Kier alpha value is -2.75. The monoisotopic (exact) mass is 344 g/mol. The zero-order valence-electron chi connectivity index (χ0n) is 14.9. The molecule has 1 atom stereocenters. The number of Topliss-reactive ketones (excluding diaryl/α,β-unsaturated/α-hetero) is 1. The third-order valence-corrected chi connectivity index (χ3v) is 4.48. The average molecular weight is 344 g/mol. The second kappa shape index (κ2) is 9.09. The molecule has 0 radical (unpaired) electrons. The molecule has 3 heteroatoms. The molecule has 0 fully saturated rings. The Bertz CT molecular complexity index is 764. The Balaban J connectivity index is 1.82. The molecule has 0 heterocycles. The van der Waals surface area contributed by atoms with E-state index in [-0.39, 0.29) is 17.7 Å². The van der Waals surface area contributed by atoms with Gasteiger partial charge in [0.25, 0.3) is 0 Å². The summed E-state index contributed by atoms with van der Waals surface area (Å²) < 4.78 is 0. The highest BCUT2D eigenvalue weighted by molar-refractivity contribution is 5.83. The highest BCUT2D eigenvalue weighted by atomic mass is 16.1. The Kier molecular flexibility index (Phi) is 6.31. The van der Waals surface area contributed by atoms with Crippen LogP contribution in [0.1, 0.15) is 29.5 Å². The van der Waals surface area contributed by atoms with E-state index in [1.165, 1.54) is 5.56 Å². The van der Waals surface area contributed by atoms with Crippen LogP contribution in [0.25, 0.3) is 0 Å². The van der Waals surface area contributed by atoms with E-state index >= 15 is 0 Å². The molecule has 2 N–H and O–H groups in total. The van der Waals surface area contributed by atoms with Crippen LogP contribution in [0.4, 0.5) is 0 Å². The quantitative estimate of drug-likeness (QED) is 0.605. The van der Waals surface area contributed by atoms with Gasteiger partial charge in [-0.15, -0.1) is 0 Å². The van der Waals surface area contributed by atoms with Gasteiger partial charge in [-0.1, -0.05) is 91.0 Å². The predicted molar refractivity (Wildman–Crippen MR) is 106 cm³/mol. The van der Waals surface area contributed by atoms with Gasteiger partial charge in [0.1, 0.15) is 5.78 Å². The van der Waals surface area contributed by atoms with E-state index in [1.54, 1.807) is 6.92 Å². The van der Waals surface area contributed by atoms with Crippen molar-refractivity contribution in [1.29, 1.82) is 0 Å². The van der Waals surface area contributed by atoms with Crippen molar-refractivity contribution in [1.82, 2.24) is 10.9 Å². The first-order valence-electron chi connectivity index (χ1n) is 8.88. The maximum atomic E-state index is 12.5. The summed E-state index contributed by atoms with van der Waals surface area (Å²) in [5.41, 5.74) is 9.90. The molecule has 0 saturated heterocycles. The lowest BCUT2D eigenvalue weighted by molar-refractivity contribution is -0.119. The lowest BCUT2D eigenvalue weighted by atomic mass is 9.84. The highest BCUT2D eigenvalue weighted by Crippen LogP contribution is 2.28. The lowest BCUT2D eigenvalue weighted by Crippen LogP contribution is -2.48. The second-order valence-corrected chi connectivity index (χ2v) is 6.37. The van der Waals surface area contributed by atoms with Crippen LogP contribution < -0.4 is 10.9 Å². The molecule has 0 aliphatic rings. The van der Waals surface area contributed by atoms with E-state index in [0.29, 0.717) is 6.54 Å². The van der Waals surface area contributed by atoms with Crippen LogP contribution >= 0.6 is 0 Å². The van der Waals surface area contributed by atoms with E-state index in [1.807, 2.05) is 54.6 Å². The fraction of sp³-hybridized carbons (Fsp3) is 0.174. The van der Waals surface area contributed by atoms with E-state index in [4.69, 9.17) is 0 Å². The van der Waals surface area contributed by atoms with Crippen LogP contribution in [0.15, 0.2) is 91.0 Å². The normalized spacial score (nSPS) is 12.1. The molecule has 3 aromatic carbocycles. The molecule has 0 bridgehead atoms. The van der Waals surface area contributed by atoms with Crippen LogP contribution in [0.2, 0.25) is 0 Å². The summed E-state index contributed by atoms with van der Waals surface area (Å²) in [7, 11) is 0. The number of benzene rings is 3. The van der Waals surface area contributed by atoms with Crippen molar-refractivity contribution in [3.63, 3.8) is 0 Å². The molecule has 132 valence electrons. The summed E-state index contributed by atoms with van der Waals surface area (Å²) in [4.78, 5) is 12.5. The van der Waals surface area contributed by atoms with E-state index < -0.39 is 0 Å². The van der Waals surface area contributed by atoms with Crippen molar-refractivity contribution < 1.29 is 4.79 Å². The highest BCUT2D eigenvalue weighted by Gasteiger charge is 2.28. The Labute approximate surface area is 155 Å². The van der Waals surface area contributed by atoms with Crippen LogP contribution in [0, 0.1) is 0 Å². The first-order valence-corrected chi connectivity index (χ1v) is 8.88. The first kappa shape index (κ1) is 18.1. The minimum atomic E-state index is -0.358. The van der Waals surface area contributed by atoms with Gasteiger partial charge in [0, 0.05) is 12.5 Å². The minimum Gasteiger partial charge on any atom is -0.298 e. The molecule has 3 rings (SSSR count). The fourth-order valence-electron chi connectivity index (χ4n) is 3.18. The number of carbonyl (C=O) groups is 1. The number of hydrazine groups is 1. The van der Waals surface area contributed by atoms with Crippen molar-refractivity contribution in [2.24, 2.45) is 0 Å². The van der Waals surface area contributed by atoms with Gasteiger partial charge < -0.3 is 0 Å². The third-order valence-electron chi connectivity index (χ3n) is 4.48. The number of rotatable bonds is 8. The van der Waals surface area contributed by atoms with Crippen LogP contribution in [0.5, 0.6) is 0 Å². The maximum absolute atomic E-state index is 12.5. The number of ketones is 1. The van der Waals surface area contributed by atoms with E-state index in [2.05, 4.69) is 47.2 Å². The molecule has 0 saturated carbocycles. The van der Waals surface area contributed by atoms with Gasteiger partial charge in [-0.3, -0.25) is 10.2 Å². The smallest absolute Gasteiger partial charge is 0.148 e. The Morgan fingerprint density at radius 3 is 1.69 bits per heavy atom. The van der Waals surface area contributed by atoms with Crippen LogP contribution in [-0.2, 0) is 11.3 Å². The summed E-state index contributed by atoms with van der Waals surface area (Å²) in [6.07, 6.45) is 0. The minimum absolute atomic E-state index is 0.0572. The van der Waals surface area contributed by atoms with Gasteiger partial charge in [-0.2, -0.15) is 0 Å². The van der Waals surface area contributed by atoms with Crippen molar-refractivity contribution in [2.75, 3.05) is 0 Å². The van der Waals surface area contributed by atoms with Crippen molar-refractivity contribution in [3.8, 4) is 0 Å². The van der Waals surface area contributed by atoms with Crippen LogP contribution in [-0.4, -0.2) is 11.8 Å². The fourth-order valence-corrected chi connectivity index (χ4v) is 3.18. The molecule has 0 unspecified atom stereocenters. The number of hydrogen-bond acceptors (Lipinski definition) is 3. The zero-order valence-corrected chi connectivity index (χ0v) is 14.9. The van der Waals surface area contributed by atoms with Gasteiger partial charge in [0.05, 0.1) is 6.04 Å². The second-order valence-electron chi connectivity index (χ2n) is 6.37.